The van der Waals surface area contributed by atoms with Crippen LogP contribution in [0.2, 0.25) is 0 Å². The van der Waals surface area contributed by atoms with Gasteiger partial charge in [0.05, 0.1) is 12.7 Å². The first-order chi connectivity index (χ1) is 10.0. The SMILES string of the molecule is C#CCN(CC1CC1)C(=O)NC(C(=O)O)c1cnn(C)c1. The molecule has 2 amide bonds. The fourth-order valence-electron chi connectivity index (χ4n) is 2.03. The zero-order valence-corrected chi connectivity index (χ0v) is 11.8. The molecule has 2 N–H and O–H groups in total. The Bertz CT molecular complexity index is 571. The van der Waals surface area contributed by atoms with Gasteiger partial charge in [-0.25, -0.2) is 9.59 Å². The molecule has 1 unspecified atom stereocenters. The van der Waals surface area contributed by atoms with E-state index in [0.717, 1.165) is 12.8 Å². The molecule has 1 aromatic heterocycles. The quantitative estimate of drug-likeness (QED) is 0.751. The third-order valence-electron chi connectivity index (χ3n) is 3.32. The average molecular weight is 290 g/mol. The number of urea groups is 1. The van der Waals surface area contributed by atoms with Crippen molar-refractivity contribution in [3.05, 3.63) is 18.0 Å². The summed E-state index contributed by atoms with van der Waals surface area (Å²) in [6.07, 6.45) is 10.4. The van der Waals surface area contributed by atoms with Gasteiger partial charge in [-0.2, -0.15) is 5.10 Å². The minimum Gasteiger partial charge on any atom is -0.479 e. The number of nitrogens with one attached hydrogen (secondary N) is 1. The molecular weight excluding hydrogens is 272 g/mol. The third kappa shape index (κ3) is 3.99. The van der Waals surface area contributed by atoms with E-state index in [1.54, 1.807) is 13.2 Å². The minimum absolute atomic E-state index is 0.168. The second-order valence-corrected chi connectivity index (χ2v) is 5.20. The van der Waals surface area contributed by atoms with Gasteiger partial charge in [0.25, 0.3) is 0 Å². The molecule has 1 atom stereocenters. The summed E-state index contributed by atoms with van der Waals surface area (Å²) in [5.74, 6) is 1.77. The van der Waals surface area contributed by atoms with Gasteiger partial charge in [0.1, 0.15) is 0 Å². The Balaban J connectivity index is 2.05. The van der Waals surface area contributed by atoms with E-state index in [1.165, 1.54) is 15.8 Å². The molecule has 1 aliphatic carbocycles. The highest BCUT2D eigenvalue weighted by Gasteiger charge is 2.29. The maximum absolute atomic E-state index is 12.2. The van der Waals surface area contributed by atoms with Gasteiger partial charge in [0.2, 0.25) is 0 Å². The number of rotatable bonds is 6. The zero-order valence-electron chi connectivity index (χ0n) is 11.8. The predicted octanol–water partition coefficient (Wildman–Crippen LogP) is 0.601. The first-order valence-electron chi connectivity index (χ1n) is 6.71. The lowest BCUT2D eigenvalue weighted by Crippen LogP contribution is -2.44. The number of hydrogen-bond acceptors (Lipinski definition) is 3. The molecule has 1 aliphatic rings. The number of aryl methyl sites for hydroxylation is 1. The molecule has 1 fully saturated rings. The second-order valence-electron chi connectivity index (χ2n) is 5.20. The van der Waals surface area contributed by atoms with E-state index in [4.69, 9.17) is 6.42 Å². The maximum atomic E-state index is 12.2. The second kappa shape index (κ2) is 6.31. The summed E-state index contributed by atoms with van der Waals surface area (Å²) in [6, 6.07) is -1.60. The number of terminal acetylenes is 1. The third-order valence-corrected chi connectivity index (χ3v) is 3.32. The van der Waals surface area contributed by atoms with Crippen molar-refractivity contribution in [2.45, 2.75) is 18.9 Å². The molecule has 0 bridgehead atoms. The summed E-state index contributed by atoms with van der Waals surface area (Å²) in [6.45, 7) is 0.733. The Morgan fingerprint density at radius 1 is 1.67 bits per heavy atom. The summed E-state index contributed by atoms with van der Waals surface area (Å²) in [5, 5.41) is 15.7. The van der Waals surface area contributed by atoms with Crippen LogP contribution in [0.3, 0.4) is 0 Å². The van der Waals surface area contributed by atoms with E-state index in [2.05, 4.69) is 16.3 Å². The van der Waals surface area contributed by atoms with Crippen molar-refractivity contribution in [3.63, 3.8) is 0 Å². The van der Waals surface area contributed by atoms with Crippen LogP contribution in [0.15, 0.2) is 12.4 Å². The average Bonchev–Trinajstić information content (AvgIpc) is 3.15. The summed E-state index contributed by atoms with van der Waals surface area (Å²) in [4.78, 5) is 25.0. The number of carboxylic acids is 1. The molecule has 21 heavy (non-hydrogen) atoms. The summed E-state index contributed by atoms with van der Waals surface area (Å²) in [5.41, 5.74) is 0.422. The number of carbonyl (C=O) groups excluding carboxylic acids is 1. The molecule has 0 aromatic carbocycles. The van der Waals surface area contributed by atoms with Gasteiger partial charge < -0.3 is 15.3 Å². The number of carboxylic acid groups (broad SMARTS) is 1. The highest BCUT2D eigenvalue weighted by Crippen LogP contribution is 2.29. The van der Waals surface area contributed by atoms with Gasteiger partial charge in [-0.15, -0.1) is 6.42 Å². The molecular formula is C14H18N4O3. The number of aromatic nitrogens is 2. The highest BCUT2D eigenvalue weighted by molar-refractivity contribution is 5.83. The summed E-state index contributed by atoms with van der Waals surface area (Å²) in [7, 11) is 1.68. The van der Waals surface area contributed by atoms with Crippen LogP contribution in [-0.4, -0.2) is 44.9 Å². The number of carbonyl (C=O) groups is 2. The highest BCUT2D eigenvalue weighted by atomic mass is 16.4. The smallest absolute Gasteiger partial charge is 0.331 e. The molecule has 1 saturated carbocycles. The lowest BCUT2D eigenvalue weighted by molar-refractivity contribution is -0.139. The number of amides is 2. The summed E-state index contributed by atoms with van der Waals surface area (Å²) < 4.78 is 1.49. The van der Waals surface area contributed by atoms with Crippen LogP contribution in [0.25, 0.3) is 0 Å². The van der Waals surface area contributed by atoms with Gasteiger partial charge in [-0.1, -0.05) is 5.92 Å². The van der Waals surface area contributed by atoms with E-state index in [1.807, 2.05) is 0 Å². The summed E-state index contributed by atoms with van der Waals surface area (Å²) >= 11 is 0. The molecule has 1 heterocycles. The Kier molecular flexibility index (Phi) is 4.48. The van der Waals surface area contributed by atoms with Crippen LogP contribution in [-0.2, 0) is 11.8 Å². The van der Waals surface area contributed by atoms with Crippen LogP contribution in [0.1, 0.15) is 24.4 Å². The molecule has 2 rings (SSSR count). The van der Waals surface area contributed by atoms with Crippen molar-refractivity contribution in [3.8, 4) is 12.3 Å². The van der Waals surface area contributed by atoms with Crippen LogP contribution in [0.4, 0.5) is 4.79 Å². The van der Waals surface area contributed by atoms with Gasteiger partial charge in [0.15, 0.2) is 6.04 Å². The standard InChI is InChI=1S/C14H18N4O3/c1-3-6-18(8-10-4-5-10)14(21)16-12(13(19)20)11-7-15-17(2)9-11/h1,7,9-10,12H,4-6,8H2,2H3,(H,16,21)(H,19,20). The number of aliphatic carboxylic acids is 1. The maximum Gasteiger partial charge on any atom is 0.331 e. The number of nitrogens with zero attached hydrogens (tertiary/aromatic N) is 3. The topological polar surface area (TPSA) is 87.5 Å². The lowest BCUT2D eigenvalue weighted by atomic mass is 10.1. The first-order valence-corrected chi connectivity index (χ1v) is 6.71. The predicted molar refractivity (Wildman–Crippen MR) is 75.2 cm³/mol. The van der Waals surface area contributed by atoms with E-state index in [-0.39, 0.29) is 6.54 Å². The van der Waals surface area contributed by atoms with Crippen molar-refractivity contribution in [1.82, 2.24) is 20.0 Å². The minimum atomic E-state index is -1.14. The molecule has 0 aliphatic heterocycles. The van der Waals surface area contributed by atoms with Crippen LogP contribution < -0.4 is 5.32 Å². The Hall–Kier alpha value is -2.49. The van der Waals surface area contributed by atoms with Crippen LogP contribution in [0, 0.1) is 18.3 Å². The Morgan fingerprint density at radius 2 is 2.38 bits per heavy atom. The monoisotopic (exact) mass is 290 g/mol. The molecule has 7 nitrogen and oxygen atoms in total. The zero-order chi connectivity index (χ0) is 15.4. The van der Waals surface area contributed by atoms with Crippen LogP contribution in [0.5, 0.6) is 0 Å². The van der Waals surface area contributed by atoms with E-state index >= 15 is 0 Å². The molecule has 0 spiro atoms. The van der Waals surface area contributed by atoms with Crippen molar-refractivity contribution in [2.24, 2.45) is 13.0 Å². The molecule has 7 heteroatoms. The Labute approximate surface area is 122 Å². The van der Waals surface area contributed by atoms with E-state index in [9.17, 15) is 14.7 Å². The van der Waals surface area contributed by atoms with Crippen molar-refractivity contribution >= 4 is 12.0 Å². The lowest BCUT2D eigenvalue weighted by Gasteiger charge is -2.23. The molecule has 112 valence electrons. The molecule has 0 saturated heterocycles. The van der Waals surface area contributed by atoms with Gasteiger partial charge in [0, 0.05) is 25.4 Å². The van der Waals surface area contributed by atoms with E-state index < -0.39 is 18.0 Å². The van der Waals surface area contributed by atoms with Crippen molar-refractivity contribution < 1.29 is 14.7 Å². The van der Waals surface area contributed by atoms with Crippen molar-refractivity contribution in [2.75, 3.05) is 13.1 Å². The molecule has 1 aromatic rings. The van der Waals surface area contributed by atoms with Gasteiger partial charge in [-0.3, -0.25) is 4.68 Å². The number of hydrogen-bond donors (Lipinski definition) is 2. The largest absolute Gasteiger partial charge is 0.479 e. The van der Waals surface area contributed by atoms with Gasteiger partial charge in [-0.05, 0) is 18.8 Å². The normalized spacial score (nSPS) is 15.0. The fraction of sp³-hybridized carbons (Fsp3) is 0.500. The Morgan fingerprint density at radius 3 is 2.86 bits per heavy atom. The first kappa shape index (κ1) is 14.9. The van der Waals surface area contributed by atoms with Gasteiger partial charge >= 0.3 is 12.0 Å². The van der Waals surface area contributed by atoms with E-state index in [0.29, 0.717) is 18.0 Å². The fourth-order valence-corrected chi connectivity index (χ4v) is 2.03. The van der Waals surface area contributed by atoms with Crippen molar-refractivity contribution in [1.29, 1.82) is 0 Å². The van der Waals surface area contributed by atoms with Crippen LogP contribution >= 0.6 is 0 Å². The molecule has 0 radical (unpaired) electrons.